The summed E-state index contributed by atoms with van der Waals surface area (Å²) >= 11 is 1.08. The van der Waals surface area contributed by atoms with Crippen LogP contribution in [0.3, 0.4) is 0 Å². The van der Waals surface area contributed by atoms with Crippen molar-refractivity contribution in [3.05, 3.63) is 64.5 Å². The second-order valence-corrected chi connectivity index (χ2v) is 6.43. The van der Waals surface area contributed by atoms with E-state index in [1.165, 1.54) is 24.3 Å². The number of fused-ring (bicyclic) bond motifs is 1. The van der Waals surface area contributed by atoms with Gasteiger partial charge in [0, 0.05) is 15.8 Å². The fourth-order valence-corrected chi connectivity index (χ4v) is 3.16. The van der Waals surface area contributed by atoms with Crippen LogP contribution in [0.5, 0.6) is 0 Å². The topological polar surface area (TPSA) is 55.4 Å². The Bertz CT molecular complexity index is 968. The summed E-state index contributed by atoms with van der Waals surface area (Å²) in [5, 5.41) is 2.77. The van der Waals surface area contributed by atoms with Crippen molar-refractivity contribution in [3.63, 3.8) is 0 Å². The first-order valence-electron chi connectivity index (χ1n) is 7.35. The maximum atomic E-state index is 13.6. The summed E-state index contributed by atoms with van der Waals surface area (Å²) in [4.78, 5) is 24.0. The average molecular weight is 361 g/mol. The molecule has 25 heavy (non-hydrogen) atoms. The van der Waals surface area contributed by atoms with Crippen LogP contribution in [0, 0.1) is 18.6 Å². The number of rotatable bonds is 4. The molecule has 0 saturated heterocycles. The first-order chi connectivity index (χ1) is 11.9. The average Bonchev–Trinajstić information content (AvgIpc) is 3.02. The highest BCUT2D eigenvalue weighted by Crippen LogP contribution is 2.28. The molecule has 0 fully saturated rings. The molecule has 2 aromatic carbocycles. The molecule has 0 radical (unpaired) electrons. The molecule has 1 heterocycles. The van der Waals surface area contributed by atoms with Crippen LogP contribution in [0.4, 0.5) is 14.5 Å². The number of hydrogen-bond acceptors (Lipinski definition) is 4. The summed E-state index contributed by atoms with van der Waals surface area (Å²) in [5.41, 5.74) is 0.731. The minimum Gasteiger partial charge on any atom is -0.451 e. The Balaban J connectivity index is 1.61. The molecule has 0 atom stereocenters. The van der Waals surface area contributed by atoms with Gasteiger partial charge in [-0.2, -0.15) is 0 Å². The van der Waals surface area contributed by atoms with E-state index < -0.39 is 30.1 Å². The van der Waals surface area contributed by atoms with Crippen LogP contribution in [-0.4, -0.2) is 18.5 Å². The van der Waals surface area contributed by atoms with E-state index in [9.17, 15) is 18.4 Å². The molecule has 0 aliphatic heterocycles. The Morgan fingerprint density at radius 3 is 2.64 bits per heavy atom. The SMILES string of the molecule is Cc1ccc(NC(=O)COC(=O)c2cc3c(F)cccc3s2)cc1F. The Morgan fingerprint density at radius 1 is 1.12 bits per heavy atom. The molecule has 0 unspecified atom stereocenters. The number of aryl methyl sites for hydroxylation is 1. The molecule has 0 bridgehead atoms. The molecule has 0 saturated carbocycles. The molecule has 1 aromatic heterocycles. The van der Waals surface area contributed by atoms with Gasteiger partial charge in [0.15, 0.2) is 6.61 Å². The lowest BCUT2D eigenvalue weighted by Gasteiger charge is -2.06. The fourth-order valence-electron chi connectivity index (χ4n) is 2.20. The normalized spacial score (nSPS) is 10.7. The van der Waals surface area contributed by atoms with Crippen molar-refractivity contribution >= 4 is 39.0 Å². The molecule has 1 N–H and O–H groups in total. The van der Waals surface area contributed by atoms with Crippen LogP contribution in [0.2, 0.25) is 0 Å². The van der Waals surface area contributed by atoms with Gasteiger partial charge in [-0.25, -0.2) is 13.6 Å². The van der Waals surface area contributed by atoms with Crippen molar-refractivity contribution in [1.82, 2.24) is 0 Å². The van der Waals surface area contributed by atoms with Crippen LogP contribution in [0.25, 0.3) is 10.1 Å². The van der Waals surface area contributed by atoms with E-state index in [0.29, 0.717) is 15.6 Å². The molecule has 4 nitrogen and oxygen atoms in total. The number of benzene rings is 2. The van der Waals surface area contributed by atoms with Gasteiger partial charge in [-0.3, -0.25) is 4.79 Å². The van der Waals surface area contributed by atoms with Gasteiger partial charge in [0.05, 0.1) is 0 Å². The largest absolute Gasteiger partial charge is 0.451 e. The third-order valence-corrected chi connectivity index (χ3v) is 4.58. The fraction of sp³-hybridized carbons (Fsp3) is 0.111. The zero-order chi connectivity index (χ0) is 18.0. The maximum Gasteiger partial charge on any atom is 0.348 e. The van der Waals surface area contributed by atoms with E-state index in [1.807, 2.05) is 0 Å². The van der Waals surface area contributed by atoms with Gasteiger partial charge < -0.3 is 10.1 Å². The number of thiophene rings is 1. The number of carbonyl (C=O) groups is 2. The number of carbonyl (C=O) groups excluding carboxylic acids is 2. The van der Waals surface area contributed by atoms with Crippen molar-refractivity contribution in [1.29, 1.82) is 0 Å². The quantitative estimate of drug-likeness (QED) is 0.706. The first kappa shape index (κ1) is 17.0. The molecule has 128 valence electrons. The maximum absolute atomic E-state index is 13.6. The number of ether oxygens (including phenoxy) is 1. The molecule has 0 aliphatic carbocycles. The predicted molar refractivity (Wildman–Crippen MR) is 91.8 cm³/mol. The second kappa shape index (κ2) is 6.98. The Morgan fingerprint density at radius 2 is 1.92 bits per heavy atom. The monoisotopic (exact) mass is 361 g/mol. The van der Waals surface area contributed by atoms with Crippen LogP contribution in [-0.2, 0) is 9.53 Å². The molecular formula is C18H13F2NO3S. The predicted octanol–water partition coefficient (Wildman–Crippen LogP) is 4.28. The number of hydrogen-bond donors (Lipinski definition) is 1. The third-order valence-electron chi connectivity index (χ3n) is 3.50. The van der Waals surface area contributed by atoms with E-state index in [2.05, 4.69) is 5.32 Å². The van der Waals surface area contributed by atoms with Crippen LogP contribution < -0.4 is 5.32 Å². The van der Waals surface area contributed by atoms with Crippen molar-refractivity contribution < 1.29 is 23.1 Å². The smallest absolute Gasteiger partial charge is 0.348 e. The lowest BCUT2D eigenvalue weighted by molar-refractivity contribution is -0.119. The molecular weight excluding hydrogens is 348 g/mol. The highest BCUT2D eigenvalue weighted by molar-refractivity contribution is 7.20. The molecule has 0 spiro atoms. The highest BCUT2D eigenvalue weighted by Gasteiger charge is 2.15. The zero-order valence-electron chi connectivity index (χ0n) is 13.1. The minimum atomic E-state index is -0.717. The van der Waals surface area contributed by atoms with Crippen molar-refractivity contribution in [2.75, 3.05) is 11.9 Å². The lowest BCUT2D eigenvalue weighted by Crippen LogP contribution is -2.20. The van der Waals surface area contributed by atoms with Gasteiger partial charge in [0.2, 0.25) is 0 Å². The Kier molecular flexibility index (Phi) is 4.76. The third kappa shape index (κ3) is 3.83. The first-order valence-corrected chi connectivity index (χ1v) is 8.17. The molecule has 0 aliphatic rings. The van der Waals surface area contributed by atoms with E-state index in [0.717, 1.165) is 11.3 Å². The molecule has 1 amide bonds. The van der Waals surface area contributed by atoms with Crippen molar-refractivity contribution in [2.45, 2.75) is 6.92 Å². The van der Waals surface area contributed by atoms with Crippen LogP contribution >= 0.6 is 11.3 Å². The number of halogens is 2. The van der Waals surface area contributed by atoms with Crippen LogP contribution in [0.1, 0.15) is 15.2 Å². The summed E-state index contributed by atoms with van der Waals surface area (Å²) in [6, 6.07) is 10.2. The van der Waals surface area contributed by atoms with Gasteiger partial charge in [-0.15, -0.1) is 11.3 Å². The van der Waals surface area contributed by atoms with Gasteiger partial charge >= 0.3 is 5.97 Å². The molecule has 3 rings (SSSR count). The number of amides is 1. The van der Waals surface area contributed by atoms with E-state index in [4.69, 9.17) is 4.74 Å². The van der Waals surface area contributed by atoms with Crippen molar-refractivity contribution in [3.8, 4) is 0 Å². The zero-order valence-corrected chi connectivity index (χ0v) is 14.0. The standard InChI is InChI=1S/C18H13F2NO3S/c1-10-5-6-11(7-14(10)20)21-17(22)9-24-18(23)16-8-12-13(19)3-2-4-15(12)25-16/h2-8H,9H2,1H3,(H,21,22). The lowest BCUT2D eigenvalue weighted by atomic mass is 10.2. The molecule has 3 aromatic rings. The summed E-state index contributed by atoms with van der Waals surface area (Å²) in [7, 11) is 0. The number of esters is 1. The van der Waals surface area contributed by atoms with E-state index >= 15 is 0 Å². The molecule has 7 heteroatoms. The van der Waals surface area contributed by atoms with Gasteiger partial charge in [0.1, 0.15) is 16.5 Å². The summed E-state index contributed by atoms with van der Waals surface area (Å²) in [6.45, 7) is 1.08. The minimum absolute atomic E-state index is 0.203. The van der Waals surface area contributed by atoms with Crippen molar-refractivity contribution in [2.24, 2.45) is 0 Å². The van der Waals surface area contributed by atoms with E-state index in [1.54, 1.807) is 25.1 Å². The Labute approximate surface area is 146 Å². The number of anilines is 1. The summed E-state index contributed by atoms with van der Waals surface area (Å²) < 4.78 is 32.6. The summed E-state index contributed by atoms with van der Waals surface area (Å²) in [5.74, 6) is -2.18. The van der Waals surface area contributed by atoms with Crippen LogP contribution in [0.15, 0.2) is 42.5 Å². The highest BCUT2D eigenvalue weighted by atomic mass is 32.1. The number of nitrogens with one attached hydrogen (secondary N) is 1. The van der Waals surface area contributed by atoms with Gasteiger partial charge in [-0.1, -0.05) is 12.1 Å². The summed E-state index contributed by atoms with van der Waals surface area (Å²) in [6.07, 6.45) is 0. The van der Waals surface area contributed by atoms with Gasteiger partial charge in [0.25, 0.3) is 5.91 Å². The second-order valence-electron chi connectivity index (χ2n) is 5.35. The van der Waals surface area contributed by atoms with E-state index in [-0.39, 0.29) is 10.6 Å². The van der Waals surface area contributed by atoms with Gasteiger partial charge in [-0.05, 0) is 42.8 Å². The Hall–Kier alpha value is -2.80.